The zero-order valence-corrected chi connectivity index (χ0v) is 15.4. The predicted octanol–water partition coefficient (Wildman–Crippen LogP) is 3.14. The maximum Gasteiger partial charge on any atom is 0.338 e. The summed E-state index contributed by atoms with van der Waals surface area (Å²) >= 11 is 0. The summed E-state index contributed by atoms with van der Waals surface area (Å²) in [6.45, 7) is 3.67. The van der Waals surface area contributed by atoms with Crippen LogP contribution in [-0.2, 0) is 14.9 Å². The van der Waals surface area contributed by atoms with E-state index in [1.54, 1.807) is 0 Å². The van der Waals surface area contributed by atoms with Crippen molar-refractivity contribution in [3.8, 4) is 11.5 Å². The topological polar surface area (TPSA) is 87.1 Å². The minimum atomic E-state index is -0.751. The van der Waals surface area contributed by atoms with E-state index in [2.05, 4.69) is 0 Å². The Labute approximate surface area is 157 Å². The molecule has 0 saturated heterocycles. The van der Waals surface area contributed by atoms with Gasteiger partial charge in [0.2, 0.25) is 0 Å². The molecule has 0 atom stereocenters. The highest BCUT2D eigenvalue weighted by Gasteiger charge is 2.38. The first-order valence-corrected chi connectivity index (χ1v) is 8.49. The molecule has 2 N–H and O–H groups in total. The Morgan fingerprint density at radius 2 is 1.81 bits per heavy atom. The van der Waals surface area contributed by atoms with Gasteiger partial charge in [0.25, 0.3) is 0 Å². The van der Waals surface area contributed by atoms with E-state index in [0.717, 1.165) is 23.0 Å². The van der Waals surface area contributed by atoms with Crippen molar-refractivity contribution in [2.75, 3.05) is 18.6 Å². The summed E-state index contributed by atoms with van der Waals surface area (Å²) in [4.78, 5) is 26.4. The zero-order chi connectivity index (χ0) is 19.8. The molecule has 0 fully saturated rings. The molecule has 6 heteroatoms. The number of ether oxygens (including phenoxy) is 1. The third-order valence-electron chi connectivity index (χ3n) is 4.79. The summed E-state index contributed by atoms with van der Waals surface area (Å²) in [6, 6.07) is 11.5. The van der Waals surface area contributed by atoms with E-state index in [9.17, 15) is 19.8 Å². The van der Waals surface area contributed by atoms with Crippen molar-refractivity contribution in [2.45, 2.75) is 19.3 Å². The second-order valence-corrected chi connectivity index (χ2v) is 6.98. The van der Waals surface area contributed by atoms with Gasteiger partial charge in [-0.3, -0.25) is 4.79 Å². The van der Waals surface area contributed by atoms with E-state index >= 15 is 0 Å². The lowest BCUT2D eigenvalue weighted by Gasteiger charge is -2.23. The number of allylic oxidation sites excluding steroid dienone is 1. The molecule has 0 spiro atoms. The maximum absolute atomic E-state index is 12.4. The van der Waals surface area contributed by atoms with Gasteiger partial charge in [-0.05, 0) is 29.8 Å². The van der Waals surface area contributed by atoms with Crippen LogP contribution in [0.15, 0.2) is 54.2 Å². The number of phenols is 2. The third kappa shape index (κ3) is 3.38. The van der Waals surface area contributed by atoms with Crippen LogP contribution in [0.3, 0.4) is 0 Å². The lowest BCUT2D eigenvalue weighted by Crippen LogP contribution is -2.25. The van der Waals surface area contributed by atoms with Crippen LogP contribution >= 0.6 is 0 Å². The van der Waals surface area contributed by atoms with Crippen molar-refractivity contribution in [3.05, 3.63) is 65.4 Å². The first-order chi connectivity index (χ1) is 12.7. The van der Waals surface area contributed by atoms with Gasteiger partial charge in [0.15, 0.2) is 23.9 Å². The fourth-order valence-corrected chi connectivity index (χ4v) is 3.32. The Morgan fingerprint density at radius 1 is 1.11 bits per heavy atom. The number of carbonyl (C=O) groups is 2. The molecule has 140 valence electrons. The van der Waals surface area contributed by atoms with Crippen molar-refractivity contribution in [3.63, 3.8) is 0 Å². The maximum atomic E-state index is 12.4. The zero-order valence-electron chi connectivity index (χ0n) is 15.4. The molecule has 0 unspecified atom stereocenters. The Kier molecular flexibility index (Phi) is 4.66. The fraction of sp³-hybridized carbons (Fsp3) is 0.238. The number of benzene rings is 2. The van der Waals surface area contributed by atoms with Crippen molar-refractivity contribution in [2.24, 2.45) is 0 Å². The van der Waals surface area contributed by atoms with Gasteiger partial charge in [0.1, 0.15) is 0 Å². The van der Waals surface area contributed by atoms with Crippen LogP contribution in [0.1, 0.15) is 29.8 Å². The molecule has 1 aliphatic heterocycles. The number of hydrogen-bond acceptors (Lipinski definition) is 6. The SMILES string of the molecule is CN1C(=CC(=O)COC(=O)c2ccc(O)c(O)c2)C(C)(C)c2ccccc21. The number of likely N-dealkylation sites (N-methyl/N-ethyl adjacent to an activating group) is 1. The normalized spacial score (nSPS) is 16.3. The fourth-order valence-electron chi connectivity index (χ4n) is 3.32. The molecular weight excluding hydrogens is 346 g/mol. The summed E-state index contributed by atoms with van der Waals surface area (Å²) in [7, 11) is 1.90. The molecule has 0 aromatic heterocycles. The highest BCUT2D eigenvalue weighted by Crippen LogP contribution is 2.46. The number of para-hydroxylation sites is 1. The van der Waals surface area contributed by atoms with Gasteiger partial charge >= 0.3 is 5.97 Å². The standard InChI is InChI=1S/C21H21NO5/c1-21(2)15-6-4-5-7-16(15)22(3)19(21)11-14(23)12-27-20(26)13-8-9-17(24)18(25)10-13/h4-11,24-25H,12H2,1-3H3. The number of hydrogen-bond donors (Lipinski definition) is 2. The molecule has 0 bridgehead atoms. The monoisotopic (exact) mass is 367 g/mol. The Hall–Kier alpha value is -3.28. The number of ketones is 1. The summed E-state index contributed by atoms with van der Waals surface area (Å²) in [6.07, 6.45) is 1.50. The smallest absolute Gasteiger partial charge is 0.338 e. The summed E-state index contributed by atoms with van der Waals surface area (Å²) < 4.78 is 5.03. The van der Waals surface area contributed by atoms with Gasteiger partial charge in [-0.15, -0.1) is 0 Å². The Morgan fingerprint density at radius 3 is 2.48 bits per heavy atom. The van der Waals surface area contributed by atoms with Crippen molar-refractivity contribution in [1.82, 2.24) is 0 Å². The number of phenolic OH excluding ortho intramolecular Hbond substituents is 2. The third-order valence-corrected chi connectivity index (χ3v) is 4.79. The number of fused-ring (bicyclic) bond motifs is 1. The van der Waals surface area contributed by atoms with Gasteiger partial charge in [0.05, 0.1) is 5.56 Å². The minimum Gasteiger partial charge on any atom is -0.504 e. The number of rotatable bonds is 4. The lowest BCUT2D eigenvalue weighted by molar-refractivity contribution is -0.117. The van der Waals surface area contributed by atoms with Gasteiger partial charge in [-0.1, -0.05) is 32.0 Å². The highest BCUT2D eigenvalue weighted by atomic mass is 16.5. The largest absolute Gasteiger partial charge is 0.504 e. The van der Waals surface area contributed by atoms with Crippen LogP contribution in [-0.4, -0.2) is 35.6 Å². The van der Waals surface area contributed by atoms with Crippen LogP contribution in [0.5, 0.6) is 11.5 Å². The van der Waals surface area contributed by atoms with E-state index in [1.807, 2.05) is 50.1 Å². The minimum absolute atomic E-state index is 0.0523. The molecule has 0 aliphatic carbocycles. The van der Waals surface area contributed by atoms with Crippen molar-refractivity contribution < 1.29 is 24.5 Å². The lowest BCUT2D eigenvalue weighted by atomic mass is 9.83. The molecular formula is C21H21NO5. The van der Waals surface area contributed by atoms with Gasteiger partial charge < -0.3 is 19.8 Å². The van der Waals surface area contributed by atoms with Gasteiger partial charge in [0, 0.05) is 29.9 Å². The van der Waals surface area contributed by atoms with Crippen LogP contribution < -0.4 is 4.90 Å². The average Bonchev–Trinajstić information content (AvgIpc) is 2.83. The van der Waals surface area contributed by atoms with Gasteiger partial charge in [-0.25, -0.2) is 4.79 Å². The van der Waals surface area contributed by atoms with Crippen LogP contribution in [0, 0.1) is 0 Å². The van der Waals surface area contributed by atoms with E-state index in [-0.39, 0.29) is 22.5 Å². The second-order valence-electron chi connectivity index (χ2n) is 6.98. The first-order valence-electron chi connectivity index (χ1n) is 8.49. The molecule has 2 aromatic rings. The molecule has 1 aliphatic rings. The molecule has 0 radical (unpaired) electrons. The molecule has 6 nitrogen and oxygen atoms in total. The molecule has 27 heavy (non-hydrogen) atoms. The highest BCUT2D eigenvalue weighted by molar-refractivity contribution is 5.96. The number of carbonyl (C=O) groups excluding carboxylic acids is 2. The molecule has 1 heterocycles. The molecule has 2 aromatic carbocycles. The van der Waals surface area contributed by atoms with Gasteiger partial charge in [-0.2, -0.15) is 0 Å². The predicted molar refractivity (Wildman–Crippen MR) is 101 cm³/mol. The van der Waals surface area contributed by atoms with Crippen molar-refractivity contribution >= 4 is 17.4 Å². The first kappa shape index (κ1) is 18.5. The van der Waals surface area contributed by atoms with E-state index in [0.29, 0.717) is 0 Å². The summed E-state index contributed by atoms with van der Waals surface area (Å²) in [5, 5.41) is 18.7. The number of aromatic hydroxyl groups is 2. The summed E-state index contributed by atoms with van der Waals surface area (Å²) in [5.74, 6) is -1.85. The quantitative estimate of drug-likeness (QED) is 0.490. The number of nitrogens with zero attached hydrogens (tertiary/aromatic N) is 1. The second kappa shape index (κ2) is 6.79. The van der Waals surface area contributed by atoms with Crippen LogP contribution in [0.25, 0.3) is 0 Å². The van der Waals surface area contributed by atoms with E-state index in [4.69, 9.17) is 4.74 Å². The summed E-state index contributed by atoms with van der Waals surface area (Å²) in [5.41, 5.74) is 2.71. The van der Waals surface area contributed by atoms with Crippen LogP contribution in [0.2, 0.25) is 0 Å². The van der Waals surface area contributed by atoms with E-state index in [1.165, 1.54) is 18.2 Å². The molecule has 0 amide bonds. The molecule has 3 rings (SSSR count). The van der Waals surface area contributed by atoms with Crippen molar-refractivity contribution in [1.29, 1.82) is 0 Å². The van der Waals surface area contributed by atoms with Crippen LogP contribution in [0.4, 0.5) is 5.69 Å². The number of anilines is 1. The molecule has 0 saturated carbocycles. The Bertz CT molecular complexity index is 945. The average molecular weight is 367 g/mol. The Balaban J connectivity index is 1.72. The number of esters is 1. The van der Waals surface area contributed by atoms with E-state index < -0.39 is 18.3 Å².